The number of methoxy groups -OCH3 is 1. The number of para-hydroxylation sites is 1. The number of ether oxygens (including phenoxy) is 1. The summed E-state index contributed by atoms with van der Waals surface area (Å²) in [5, 5.41) is 3.42. The molecule has 2 rings (SSSR count). The van der Waals surface area contributed by atoms with Gasteiger partial charge in [-0.3, -0.25) is 0 Å². The van der Waals surface area contributed by atoms with Crippen LogP contribution in [0.4, 0.5) is 5.69 Å². The average Bonchev–Trinajstić information content (AvgIpc) is 2.40. The zero-order valence-electron chi connectivity index (χ0n) is 11.4. The first-order valence-electron chi connectivity index (χ1n) is 6.68. The second-order valence-corrected chi connectivity index (χ2v) is 6.23. The molecule has 0 aromatic heterocycles. The molecule has 1 aromatic carbocycles. The summed E-state index contributed by atoms with van der Waals surface area (Å²) in [5.41, 5.74) is 0.359. The fourth-order valence-corrected chi connectivity index (χ4v) is 3.30. The molecule has 1 aliphatic carbocycles. The minimum atomic E-state index is -0.587. The zero-order chi connectivity index (χ0) is 13.9. The Hall–Kier alpha value is -1.03. The maximum Gasteiger partial charge on any atom is 0.331 e. The summed E-state index contributed by atoms with van der Waals surface area (Å²) in [6, 6.07) is 7.88. The molecule has 1 aromatic rings. The lowest BCUT2D eigenvalue weighted by atomic mass is 9.76. The van der Waals surface area contributed by atoms with Crippen LogP contribution in [0.3, 0.4) is 0 Å². The smallest absolute Gasteiger partial charge is 0.331 e. The molecule has 0 amide bonds. The monoisotopic (exact) mass is 325 g/mol. The first-order chi connectivity index (χ1) is 9.07. The molecule has 0 radical (unpaired) electrons. The van der Waals surface area contributed by atoms with Crippen LogP contribution >= 0.6 is 15.9 Å². The van der Waals surface area contributed by atoms with Gasteiger partial charge in [-0.15, -0.1) is 0 Å². The summed E-state index contributed by atoms with van der Waals surface area (Å²) in [4.78, 5) is 12.3. The van der Waals surface area contributed by atoms with E-state index in [4.69, 9.17) is 4.74 Å². The van der Waals surface area contributed by atoms with Crippen molar-refractivity contribution in [2.75, 3.05) is 12.4 Å². The Balaban J connectivity index is 2.28. The van der Waals surface area contributed by atoms with Crippen molar-refractivity contribution in [3.05, 3.63) is 28.7 Å². The number of halogens is 1. The molecule has 104 valence electrons. The molecular weight excluding hydrogens is 306 g/mol. The molecule has 1 aliphatic rings. The molecule has 0 heterocycles. The van der Waals surface area contributed by atoms with E-state index in [0.717, 1.165) is 29.4 Å². The van der Waals surface area contributed by atoms with Gasteiger partial charge < -0.3 is 10.1 Å². The van der Waals surface area contributed by atoms with Crippen molar-refractivity contribution in [2.24, 2.45) is 5.92 Å². The molecule has 0 bridgehead atoms. The van der Waals surface area contributed by atoms with Crippen molar-refractivity contribution in [2.45, 2.75) is 38.1 Å². The molecule has 1 fully saturated rings. The van der Waals surface area contributed by atoms with E-state index in [0.29, 0.717) is 5.92 Å². The van der Waals surface area contributed by atoms with Gasteiger partial charge in [-0.05, 0) is 46.8 Å². The lowest BCUT2D eigenvalue weighted by Crippen LogP contribution is -2.50. The second-order valence-electron chi connectivity index (χ2n) is 5.38. The van der Waals surface area contributed by atoms with E-state index in [9.17, 15) is 4.79 Å². The fourth-order valence-electron chi connectivity index (χ4n) is 2.92. The fraction of sp³-hybridized carbons (Fsp3) is 0.533. The van der Waals surface area contributed by atoms with Crippen LogP contribution in [-0.2, 0) is 9.53 Å². The Morgan fingerprint density at radius 1 is 1.47 bits per heavy atom. The van der Waals surface area contributed by atoms with Crippen molar-refractivity contribution < 1.29 is 9.53 Å². The molecule has 3 nitrogen and oxygen atoms in total. The number of hydrogen-bond acceptors (Lipinski definition) is 3. The number of carbonyl (C=O) groups excluding carboxylic acids is 1. The first kappa shape index (κ1) is 14.4. The van der Waals surface area contributed by atoms with E-state index in [1.807, 2.05) is 24.3 Å². The molecule has 2 unspecified atom stereocenters. The van der Waals surface area contributed by atoms with Crippen LogP contribution in [0.15, 0.2) is 28.7 Å². The largest absolute Gasteiger partial charge is 0.467 e. The topological polar surface area (TPSA) is 38.3 Å². The highest BCUT2D eigenvalue weighted by molar-refractivity contribution is 9.10. The minimum absolute atomic E-state index is 0.158. The maximum atomic E-state index is 12.3. The number of esters is 1. The van der Waals surface area contributed by atoms with Crippen LogP contribution in [0.5, 0.6) is 0 Å². The van der Waals surface area contributed by atoms with Gasteiger partial charge in [-0.2, -0.15) is 0 Å². The quantitative estimate of drug-likeness (QED) is 0.854. The molecular formula is C15H20BrNO2. The average molecular weight is 326 g/mol. The number of carbonyl (C=O) groups is 1. The Bertz CT molecular complexity index is 463. The number of anilines is 1. The Morgan fingerprint density at radius 2 is 2.21 bits per heavy atom. The third kappa shape index (κ3) is 3.11. The minimum Gasteiger partial charge on any atom is -0.467 e. The van der Waals surface area contributed by atoms with Crippen molar-refractivity contribution in [3.8, 4) is 0 Å². The predicted octanol–water partition coefficient (Wildman–Crippen LogP) is 3.98. The van der Waals surface area contributed by atoms with E-state index in [1.165, 1.54) is 13.5 Å². The summed E-state index contributed by atoms with van der Waals surface area (Å²) in [6.45, 7) is 2.19. The third-order valence-electron chi connectivity index (χ3n) is 3.82. The van der Waals surface area contributed by atoms with Gasteiger partial charge in [0.1, 0.15) is 5.54 Å². The van der Waals surface area contributed by atoms with E-state index >= 15 is 0 Å². The third-order valence-corrected chi connectivity index (χ3v) is 4.51. The summed E-state index contributed by atoms with van der Waals surface area (Å²) >= 11 is 3.52. The molecule has 0 spiro atoms. The van der Waals surface area contributed by atoms with E-state index in [2.05, 4.69) is 28.2 Å². The van der Waals surface area contributed by atoms with Gasteiger partial charge in [-0.25, -0.2) is 4.79 Å². The number of rotatable bonds is 3. The Morgan fingerprint density at radius 3 is 2.84 bits per heavy atom. The normalized spacial score (nSPS) is 26.8. The Kier molecular flexibility index (Phi) is 4.50. The summed E-state index contributed by atoms with van der Waals surface area (Å²) in [5.74, 6) is 0.373. The first-order valence-corrected chi connectivity index (χ1v) is 7.48. The van der Waals surface area contributed by atoms with E-state index in [-0.39, 0.29) is 5.97 Å². The van der Waals surface area contributed by atoms with E-state index in [1.54, 1.807) is 0 Å². The van der Waals surface area contributed by atoms with E-state index < -0.39 is 5.54 Å². The predicted molar refractivity (Wildman–Crippen MR) is 80.1 cm³/mol. The van der Waals surface area contributed by atoms with Crippen LogP contribution in [0.1, 0.15) is 32.6 Å². The highest BCUT2D eigenvalue weighted by Crippen LogP contribution is 2.37. The van der Waals surface area contributed by atoms with Gasteiger partial charge in [0.25, 0.3) is 0 Å². The lowest BCUT2D eigenvalue weighted by Gasteiger charge is -2.39. The molecule has 1 saturated carbocycles. The molecule has 19 heavy (non-hydrogen) atoms. The zero-order valence-corrected chi connectivity index (χ0v) is 13.0. The molecule has 2 atom stereocenters. The van der Waals surface area contributed by atoms with Crippen LogP contribution in [0.2, 0.25) is 0 Å². The molecule has 4 heteroatoms. The Labute approximate surface area is 122 Å². The van der Waals surface area contributed by atoms with Gasteiger partial charge in [0, 0.05) is 10.2 Å². The van der Waals surface area contributed by atoms with Crippen molar-refractivity contribution >= 4 is 27.6 Å². The van der Waals surface area contributed by atoms with Gasteiger partial charge in [-0.1, -0.05) is 31.9 Å². The lowest BCUT2D eigenvalue weighted by molar-refractivity contribution is -0.147. The van der Waals surface area contributed by atoms with Gasteiger partial charge in [0.2, 0.25) is 0 Å². The second kappa shape index (κ2) is 5.95. The maximum absolute atomic E-state index is 12.3. The van der Waals surface area contributed by atoms with Gasteiger partial charge in [0.15, 0.2) is 0 Å². The molecule has 1 N–H and O–H groups in total. The molecule has 0 aliphatic heterocycles. The van der Waals surface area contributed by atoms with Crippen LogP contribution in [0, 0.1) is 5.92 Å². The summed E-state index contributed by atoms with van der Waals surface area (Å²) in [6.07, 6.45) is 3.87. The standard InChI is InChI=1S/C15H20BrNO2/c1-11-6-5-9-15(10-11,14(18)19-2)17-13-8-4-3-7-12(13)16/h3-4,7-8,11,17H,5-6,9-10H2,1-2H3. The summed E-state index contributed by atoms with van der Waals surface area (Å²) < 4.78 is 6.01. The highest BCUT2D eigenvalue weighted by Gasteiger charge is 2.43. The number of nitrogens with one attached hydrogen (secondary N) is 1. The molecule has 0 saturated heterocycles. The summed E-state index contributed by atoms with van der Waals surface area (Å²) in [7, 11) is 1.46. The van der Waals surface area contributed by atoms with Gasteiger partial charge in [0.05, 0.1) is 7.11 Å². The van der Waals surface area contributed by atoms with Crippen LogP contribution in [-0.4, -0.2) is 18.6 Å². The van der Waals surface area contributed by atoms with Crippen molar-refractivity contribution in [1.29, 1.82) is 0 Å². The van der Waals surface area contributed by atoms with Crippen LogP contribution < -0.4 is 5.32 Å². The number of benzene rings is 1. The van der Waals surface area contributed by atoms with Crippen molar-refractivity contribution in [3.63, 3.8) is 0 Å². The van der Waals surface area contributed by atoms with Crippen molar-refractivity contribution in [1.82, 2.24) is 0 Å². The highest BCUT2D eigenvalue weighted by atomic mass is 79.9. The SMILES string of the molecule is COC(=O)C1(Nc2ccccc2Br)CCCC(C)C1. The van der Waals surface area contributed by atoms with Gasteiger partial charge >= 0.3 is 5.97 Å². The number of hydrogen-bond donors (Lipinski definition) is 1. The van der Waals surface area contributed by atoms with Crippen LogP contribution in [0.25, 0.3) is 0 Å².